The van der Waals surface area contributed by atoms with Gasteiger partial charge in [-0.15, -0.1) is 0 Å². The molecule has 1 aliphatic heterocycles. The molecule has 1 fully saturated rings. The summed E-state index contributed by atoms with van der Waals surface area (Å²) in [6.45, 7) is 2.50. The Morgan fingerprint density at radius 1 is 1.64 bits per heavy atom. The molecule has 0 radical (unpaired) electrons. The number of oxazole rings is 1. The smallest absolute Gasteiger partial charge is 0.194 e. The van der Waals surface area contributed by atoms with Crippen molar-refractivity contribution in [2.45, 2.75) is 19.4 Å². The molecule has 0 aromatic carbocycles. The fourth-order valence-corrected chi connectivity index (χ4v) is 1.70. The van der Waals surface area contributed by atoms with Gasteiger partial charge in [-0.25, -0.2) is 4.98 Å². The molecule has 78 valence electrons. The van der Waals surface area contributed by atoms with Gasteiger partial charge < -0.3 is 14.5 Å². The van der Waals surface area contributed by atoms with Crippen molar-refractivity contribution in [3.05, 3.63) is 17.8 Å². The average molecular weight is 196 g/mol. The topological polar surface area (TPSA) is 47.3 Å². The van der Waals surface area contributed by atoms with E-state index in [0.29, 0.717) is 5.92 Å². The van der Waals surface area contributed by atoms with E-state index in [1.807, 2.05) is 7.05 Å². The highest BCUT2D eigenvalue weighted by molar-refractivity contribution is 4.97. The summed E-state index contributed by atoms with van der Waals surface area (Å²) < 4.78 is 10.7. The van der Waals surface area contributed by atoms with Gasteiger partial charge >= 0.3 is 0 Å². The Hall–Kier alpha value is -0.870. The van der Waals surface area contributed by atoms with Crippen molar-refractivity contribution in [3.63, 3.8) is 0 Å². The molecule has 2 heterocycles. The molecule has 2 rings (SSSR count). The second-order valence-electron chi connectivity index (χ2n) is 3.70. The van der Waals surface area contributed by atoms with Crippen LogP contribution in [-0.2, 0) is 17.7 Å². The quantitative estimate of drug-likeness (QED) is 0.779. The molecule has 1 aromatic rings. The molecule has 0 saturated carbocycles. The summed E-state index contributed by atoms with van der Waals surface area (Å²) >= 11 is 0. The molecule has 0 amide bonds. The fraction of sp³-hybridized carbons (Fsp3) is 0.700. The van der Waals surface area contributed by atoms with Crippen LogP contribution in [0, 0.1) is 5.92 Å². The van der Waals surface area contributed by atoms with Crippen LogP contribution in [-0.4, -0.2) is 25.2 Å². The maximum Gasteiger partial charge on any atom is 0.194 e. The second kappa shape index (κ2) is 4.57. The first-order chi connectivity index (χ1) is 6.88. The summed E-state index contributed by atoms with van der Waals surface area (Å²) in [5, 5.41) is 3.04. The highest BCUT2D eigenvalue weighted by atomic mass is 16.5. The number of rotatable bonds is 4. The zero-order valence-corrected chi connectivity index (χ0v) is 8.45. The first kappa shape index (κ1) is 9.68. The lowest BCUT2D eigenvalue weighted by Crippen LogP contribution is -2.06. The largest absolute Gasteiger partial charge is 0.449 e. The van der Waals surface area contributed by atoms with Crippen LogP contribution < -0.4 is 5.32 Å². The third-order valence-electron chi connectivity index (χ3n) is 2.44. The lowest BCUT2D eigenvalue weighted by atomic mass is 10.1. The zero-order valence-electron chi connectivity index (χ0n) is 8.45. The van der Waals surface area contributed by atoms with Crippen LogP contribution in [0.25, 0.3) is 0 Å². The zero-order chi connectivity index (χ0) is 9.80. The van der Waals surface area contributed by atoms with Crippen LogP contribution in [0.15, 0.2) is 10.7 Å². The van der Waals surface area contributed by atoms with E-state index in [1.165, 1.54) is 0 Å². The van der Waals surface area contributed by atoms with Crippen LogP contribution in [0.4, 0.5) is 0 Å². The molecule has 1 saturated heterocycles. The summed E-state index contributed by atoms with van der Waals surface area (Å²) in [7, 11) is 1.90. The van der Waals surface area contributed by atoms with Crippen molar-refractivity contribution in [3.8, 4) is 0 Å². The van der Waals surface area contributed by atoms with E-state index < -0.39 is 0 Å². The van der Waals surface area contributed by atoms with E-state index in [-0.39, 0.29) is 0 Å². The van der Waals surface area contributed by atoms with Crippen LogP contribution in [0.3, 0.4) is 0 Å². The van der Waals surface area contributed by atoms with Gasteiger partial charge in [0, 0.05) is 26.2 Å². The van der Waals surface area contributed by atoms with Gasteiger partial charge in [0.1, 0.15) is 6.26 Å². The number of hydrogen-bond acceptors (Lipinski definition) is 4. The van der Waals surface area contributed by atoms with Gasteiger partial charge in [-0.2, -0.15) is 0 Å². The molecule has 14 heavy (non-hydrogen) atoms. The Balaban J connectivity index is 1.88. The Morgan fingerprint density at radius 3 is 3.29 bits per heavy atom. The lowest BCUT2D eigenvalue weighted by Gasteiger charge is -2.01. The number of ether oxygens (including phenoxy) is 1. The van der Waals surface area contributed by atoms with Gasteiger partial charge in [0.2, 0.25) is 0 Å². The van der Waals surface area contributed by atoms with Gasteiger partial charge in [-0.3, -0.25) is 0 Å². The fourth-order valence-electron chi connectivity index (χ4n) is 1.70. The number of nitrogens with zero attached hydrogens (tertiary/aromatic N) is 1. The van der Waals surface area contributed by atoms with Crippen molar-refractivity contribution in [2.75, 3.05) is 20.3 Å². The van der Waals surface area contributed by atoms with E-state index in [1.54, 1.807) is 6.26 Å². The van der Waals surface area contributed by atoms with Gasteiger partial charge in [-0.05, 0) is 19.4 Å². The third kappa shape index (κ3) is 2.33. The number of nitrogens with one attached hydrogen (secondary N) is 1. The average Bonchev–Trinajstić information content (AvgIpc) is 2.79. The predicted molar refractivity (Wildman–Crippen MR) is 51.9 cm³/mol. The first-order valence-corrected chi connectivity index (χ1v) is 5.04. The molecule has 4 heteroatoms. The molecule has 1 atom stereocenters. The van der Waals surface area contributed by atoms with Crippen LogP contribution in [0.5, 0.6) is 0 Å². The Labute approximate surface area is 83.7 Å². The lowest BCUT2D eigenvalue weighted by molar-refractivity contribution is 0.184. The molecule has 0 bridgehead atoms. The summed E-state index contributed by atoms with van der Waals surface area (Å²) in [5.41, 5.74) is 0.974. The highest BCUT2D eigenvalue weighted by Gasteiger charge is 2.18. The van der Waals surface area contributed by atoms with E-state index in [0.717, 1.165) is 44.2 Å². The molecular formula is C10H16N2O2. The van der Waals surface area contributed by atoms with Gasteiger partial charge in [0.25, 0.3) is 0 Å². The van der Waals surface area contributed by atoms with E-state index >= 15 is 0 Å². The standard InChI is InChI=1S/C10H16N2O2/c1-11-5-9-7-14-10(12-9)4-8-2-3-13-6-8/h7-8,11H,2-6H2,1H3. The van der Waals surface area contributed by atoms with Crippen molar-refractivity contribution in [1.82, 2.24) is 10.3 Å². The molecule has 0 aliphatic carbocycles. The monoisotopic (exact) mass is 196 g/mol. The normalized spacial score (nSPS) is 21.6. The van der Waals surface area contributed by atoms with Gasteiger partial charge in [0.15, 0.2) is 5.89 Å². The molecule has 1 aliphatic rings. The second-order valence-corrected chi connectivity index (χ2v) is 3.70. The summed E-state index contributed by atoms with van der Waals surface area (Å²) in [4.78, 5) is 4.38. The predicted octanol–water partition coefficient (Wildman–Crippen LogP) is 0.973. The number of aromatic nitrogens is 1. The van der Waals surface area contributed by atoms with Crippen LogP contribution >= 0.6 is 0 Å². The summed E-state index contributed by atoms with van der Waals surface area (Å²) in [6, 6.07) is 0. The molecule has 1 N–H and O–H groups in total. The molecule has 1 unspecified atom stereocenters. The Kier molecular flexibility index (Phi) is 3.16. The maximum atomic E-state index is 5.37. The minimum atomic E-state index is 0.594. The van der Waals surface area contributed by atoms with Crippen molar-refractivity contribution < 1.29 is 9.15 Å². The maximum absolute atomic E-state index is 5.37. The first-order valence-electron chi connectivity index (χ1n) is 5.04. The summed E-state index contributed by atoms with van der Waals surface area (Å²) in [5.74, 6) is 1.43. The minimum absolute atomic E-state index is 0.594. The van der Waals surface area contributed by atoms with Gasteiger partial charge in [-0.1, -0.05) is 0 Å². The van der Waals surface area contributed by atoms with E-state index in [9.17, 15) is 0 Å². The van der Waals surface area contributed by atoms with Crippen molar-refractivity contribution >= 4 is 0 Å². The summed E-state index contributed by atoms with van der Waals surface area (Å²) in [6.07, 6.45) is 3.76. The van der Waals surface area contributed by atoms with Crippen molar-refractivity contribution in [1.29, 1.82) is 0 Å². The van der Waals surface area contributed by atoms with E-state index in [2.05, 4.69) is 10.3 Å². The molecular weight excluding hydrogens is 180 g/mol. The van der Waals surface area contributed by atoms with Gasteiger partial charge in [0.05, 0.1) is 5.69 Å². The Morgan fingerprint density at radius 2 is 2.57 bits per heavy atom. The SMILES string of the molecule is CNCc1coc(CC2CCOC2)n1. The molecule has 0 spiro atoms. The molecule has 4 nitrogen and oxygen atoms in total. The third-order valence-corrected chi connectivity index (χ3v) is 2.44. The highest BCUT2D eigenvalue weighted by Crippen LogP contribution is 2.17. The van der Waals surface area contributed by atoms with Crippen LogP contribution in [0.1, 0.15) is 18.0 Å². The van der Waals surface area contributed by atoms with Crippen molar-refractivity contribution in [2.24, 2.45) is 5.92 Å². The Bertz CT molecular complexity index is 279. The number of hydrogen-bond donors (Lipinski definition) is 1. The van der Waals surface area contributed by atoms with Crippen LogP contribution in [0.2, 0.25) is 0 Å². The van der Waals surface area contributed by atoms with E-state index in [4.69, 9.17) is 9.15 Å². The molecule has 1 aromatic heterocycles. The minimum Gasteiger partial charge on any atom is -0.449 e.